The number of halogens is 3. The van der Waals surface area contributed by atoms with E-state index in [1.807, 2.05) is 22.8 Å². The highest BCUT2D eigenvalue weighted by atomic mass is 79.9. The number of imidazole rings is 1. The van der Waals surface area contributed by atoms with Crippen LogP contribution in [0.4, 0.5) is 4.39 Å². The van der Waals surface area contributed by atoms with Gasteiger partial charge in [-0.2, -0.15) is 0 Å². The molecular weight excluding hydrogens is 343 g/mol. The largest absolute Gasteiger partial charge is 0.295 e. The molecule has 0 radical (unpaired) electrons. The molecule has 1 heterocycles. The summed E-state index contributed by atoms with van der Waals surface area (Å²) < 4.78 is 16.4. The molecule has 0 amide bonds. The van der Waals surface area contributed by atoms with Gasteiger partial charge >= 0.3 is 0 Å². The van der Waals surface area contributed by atoms with Crippen LogP contribution in [0.3, 0.4) is 0 Å². The topological polar surface area (TPSA) is 17.8 Å². The third-order valence-corrected chi connectivity index (χ3v) is 3.94. The summed E-state index contributed by atoms with van der Waals surface area (Å²) in [5.41, 5.74) is 3.28. The Morgan fingerprint density at radius 2 is 2.05 bits per heavy atom. The molecule has 0 aliphatic heterocycles. The van der Waals surface area contributed by atoms with Gasteiger partial charge < -0.3 is 0 Å². The Morgan fingerprint density at radius 3 is 2.75 bits per heavy atom. The SMILES string of the molecule is Cc1cc(-n2c(CCl)nc3cc(Br)ccc32)ccc1F. The number of hydrogen-bond acceptors (Lipinski definition) is 1. The van der Waals surface area contributed by atoms with E-state index in [-0.39, 0.29) is 5.82 Å². The first-order valence-electron chi connectivity index (χ1n) is 6.09. The summed E-state index contributed by atoms with van der Waals surface area (Å²) in [6, 6.07) is 10.9. The van der Waals surface area contributed by atoms with Gasteiger partial charge in [-0.05, 0) is 48.9 Å². The standard InChI is InChI=1S/C15H11BrClFN2/c1-9-6-11(3-4-12(9)18)20-14-5-2-10(16)7-13(14)19-15(20)8-17/h2-7H,8H2,1H3. The Morgan fingerprint density at radius 1 is 1.25 bits per heavy atom. The van der Waals surface area contributed by atoms with Gasteiger partial charge in [0.2, 0.25) is 0 Å². The molecule has 3 aromatic rings. The maximum atomic E-state index is 13.4. The van der Waals surface area contributed by atoms with Crippen molar-refractivity contribution in [2.45, 2.75) is 12.8 Å². The van der Waals surface area contributed by atoms with Crippen LogP contribution in [0, 0.1) is 12.7 Å². The van der Waals surface area contributed by atoms with Crippen LogP contribution in [0.2, 0.25) is 0 Å². The van der Waals surface area contributed by atoms with E-state index in [9.17, 15) is 4.39 Å². The molecule has 0 aliphatic rings. The van der Waals surface area contributed by atoms with Gasteiger partial charge in [-0.15, -0.1) is 11.6 Å². The summed E-state index contributed by atoms with van der Waals surface area (Å²) in [5, 5.41) is 0. The normalized spacial score (nSPS) is 11.2. The Labute approximate surface area is 129 Å². The Hall–Kier alpha value is -1.39. The number of nitrogens with zero attached hydrogens (tertiary/aromatic N) is 2. The molecule has 1 aromatic heterocycles. The second kappa shape index (κ2) is 5.19. The summed E-state index contributed by atoms with van der Waals surface area (Å²) in [4.78, 5) is 4.53. The minimum atomic E-state index is -0.215. The summed E-state index contributed by atoms with van der Waals surface area (Å²) in [6.07, 6.45) is 0. The van der Waals surface area contributed by atoms with Crippen molar-refractivity contribution in [3.63, 3.8) is 0 Å². The highest BCUT2D eigenvalue weighted by Crippen LogP contribution is 2.26. The Bertz CT molecular complexity index is 798. The lowest BCUT2D eigenvalue weighted by atomic mass is 10.2. The van der Waals surface area contributed by atoms with Crippen molar-refractivity contribution in [1.29, 1.82) is 0 Å². The smallest absolute Gasteiger partial charge is 0.129 e. The van der Waals surface area contributed by atoms with Gasteiger partial charge in [0.05, 0.1) is 16.9 Å². The average molecular weight is 354 g/mol. The van der Waals surface area contributed by atoms with Gasteiger partial charge in [-0.3, -0.25) is 4.57 Å². The van der Waals surface area contributed by atoms with Crippen molar-refractivity contribution < 1.29 is 4.39 Å². The fourth-order valence-electron chi connectivity index (χ4n) is 2.25. The lowest BCUT2D eigenvalue weighted by Crippen LogP contribution is -2.00. The first-order chi connectivity index (χ1) is 9.60. The van der Waals surface area contributed by atoms with E-state index in [0.29, 0.717) is 11.4 Å². The molecule has 0 atom stereocenters. The number of fused-ring (bicyclic) bond motifs is 1. The quantitative estimate of drug-likeness (QED) is 0.594. The second-order valence-corrected chi connectivity index (χ2v) is 5.75. The van der Waals surface area contributed by atoms with Crippen LogP contribution in [-0.2, 0) is 5.88 Å². The van der Waals surface area contributed by atoms with Crippen LogP contribution < -0.4 is 0 Å². The number of hydrogen-bond donors (Lipinski definition) is 0. The zero-order chi connectivity index (χ0) is 14.3. The predicted octanol–water partition coefficient (Wildman–Crippen LogP) is 4.97. The zero-order valence-electron chi connectivity index (χ0n) is 10.7. The van der Waals surface area contributed by atoms with E-state index in [4.69, 9.17) is 11.6 Å². The first-order valence-corrected chi connectivity index (χ1v) is 7.42. The molecule has 0 N–H and O–H groups in total. The number of aryl methyl sites for hydroxylation is 1. The molecule has 2 aromatic carbocycles. The molecule has 0 saturated carbocycles. The summed E-state index contributed by atoms with van der Waals surface area (Å²) >= 11 is 9.43. The van der Waals surface area contributed by atoms with Crippen LogP contribution >= 0.6 is 27.5 Å². The summed E-state index contributed by atoms with van der Waals surface area (Å²) in [5.74, 6) is 0.821. The Kier molecular flexibility index (Phi) is 3.52. The van der Waals surface area contributed by atoms with Crippen molar-refractivity contribution in [2.75, 3.05) is 0 Å². The van der Waals surface area contributed by atoms with E-state index in [1.165, 1.54) is 6.07 Å². The molecule has 0 unspecified atom stereocenters. The fraction of sp³-hybridized carbons (Fsp3) is 0.133. The number of benzene rings is 2. The molecular formula is C15H11BrClFN2. The third kappa shape index (κ3) is 2.23. The van der Waals surface area contributed by atoms with Gasteiger partial charge in [0.1, 0.15) is 11.6 Å². The van der Waals surface area contributed by atoms with Crippen LogP contribution in [0.1, 0.15) is 11.4 Å². The first kappa shape index (κ1) is 13.6. The Balaban J connectivity index is 2.30. The highest BCUT2D eigenvalue weighted by molar-refractivity contribution is 9.10. The van der Waals surface area contributed by atoms with Crippen molar-refractivity contribution in [1.82, 2.24) is 9.55 Å². The van der Waals surface area contributed by atoms with Crippen molar-refractivity contribution >= 4 is 38.6 Å². The molecule has 0 fully saturated rings. The lowest BCUT2D eigenvalue weighted by Gasteiger charge is -2.09. The van der Waals surface area contributed by atoms with Crippen molar-refractivity contribution in [3.05, 3.63) is 58.1 Å². The minimum Gasteiger partial charge on any atom is -0.295 e. The number of aromatic nitrogens is 2. The molecule has 5 heteroatoms. The molecule has 0 bridgehead atoms. The van der Waals surface area contributed by atoms with Crippen molar-refractivity contribution in [2.24, 2.45) is 0 Å². The lowest BCUT2D eigenvalue weighted by molar-refractivity contribution is 0.618. The predicted molar refractivity (Wildman–Crippen MR) is 83.0 cm³/mol. The van der Waals surface area contributed by atoms with E-state index >= 15 is 0 Å². The zero-order valence-corrected chi connectivity index (χ0v) is 13.0. The fourth-order valence-corrected chi connectivity index (χ4v) is 2.78. The summed E-state index contributed by atoms with van der Waals surface area (Å²) in [6.45, 7) is 1.74. The van der Waals surface area contributed by atoms with Crippen LogP contribution in [0.15, 0.2) is 40.9 Å². The van der Waals surface area contributed by atoms with E-state index in [0.717, 1.165) is 27.0 Å². The van der Waals surface area contributed by atoms with Gasteiger partial charge in [0, 0.05) is 10.2 Å². The van der Waals surface area contributed by atoms with E-state index in [1.54, 1.807) is 19.1 Å². The summed E-state index contributed by atoms with van der Waals surface area (Å²) in [7, 11) is 0. The average Bonchev–Trinajstić information content (AvgIpc) is 2.79. The van der Waals surface area contributed by atoms with Gasteiger partial charge in [-0.1, -0.05) is 15.9 Å². The molecule has 102 valence electrons. The third-order valence-electron chi connectivity index (χ3n) is 3.21. The van der Waals surface area contributed by atoms with E-state index in [2.05, 4.69) is 20.9 Å². The molecule has 3 rings (SSSR count). The second-order valence-electron chi connectivity index (χ2n) is 4.56. The molecule has 20 heavy (non-hydrogen) atoms. The molecule has 0 spiro atoms. The van der Waals surface area contributed by atoms with Gasteiger partial charge in [0.25, 0.3) is 0 Å². The monoisotopic (exact) mass is 352 g/mol. The molecule has 2 nitrogen and oxygen atoms in total. The molecule has 0 saturated heterocycles. The maximum Gasteiger partial charge on any atom is 0.129 e. The highest BCUT2D eigenvalue weighted by Gasteiger charge is 2.12. The van der Waals surface area contributed by atoms with Crippen LogP contribution in [-0.4, -0.2) is 9.55 Å². The van der Waals surface area contributed by atoms with E-state index < -0.39 is 0 Å². The van der Waals surface area contributed by atoms with Gasteiger partial charge in [0.15, 0.2) is 0 Å². The minimum absolute atomic E-state index is 0.215. The van der Waals surface area contributed by atoms with Crippen LogP contribution in [0.25, 0.3) is 16.7 Å². The van der Waals surface area contributed by atoms with Gasteiger partial charge in [-0.25, -0.2) is 9.37 Å². The maximum absolute atomic E-state index is 13.4. The number of rotatable bonds is 2. The van der Waals surface area contributed by atoms with Crippen LogP contribution in [0.5, 0.6) is 0 Å². The number of alkyl halides is 1. The van der Waals surface area contributed by atoms with Crippen molar-refractivity contribution in [3.8, 4) is 5.69 Å². The molecule has 0 aliphatic carbocycles.